The van der Waals surface area contributed by atoms with E-state index >= 15 is 0 Å². The molecule has 1 rings (SSSR count). The van der Waals surface area contributed by atoms with Crippen molar-refractivity contribution in [3.8, 4) is 0 Å². The summed E-state index contributed by atoms with van der Waals surface area (Å²) < 4.78 is 23.2. The topological polar surface area (TPSA) is 67.3 Å². The molecular weight excluding hydrogens is 270 g/mol. The average molecular weight is 291 g/mol. The van der Waals surface area contributed by atoms with Gasteiger partial charge >= 0.3 is 0 Å². The molecule has 1 aromatic rings. The molecule has 0 atom stereocenters. The summed E-state index contributed by atoms with van der Waals surface area (Å²) in [5.41, 5.74) is -0.132. The van der Waals surface area contributed by atoms with E-state index in [1.54, 1.807) is 20.8 Å². The maximum Gasteiger partial charge on any atom is 0.156 e. The zero-order chi connectivity index (χ0) is 14.0. The fourth-order valence-corrected chi connectivity index (χ4v) is 3.96. The Balaban J connectivity index is 3.11. The number of rotatable bonds is 6. The average Bonchev–Trinajstić information content (AvgIpc) is 2.60. The molecule has 0 spiro atoms. The van der Waals surface area contributed by atoms with Crippen LogP contribution in [0.5, 0.6) is 0 Å². The van der Waals surface area contributed by atoms with E-state index in [4.69, 9.17) is 0 Å². The van der Waals surface area contributed by atoms with E-state index < -0.39 is 15.4 Å². The number of hydrogen-bond donors (Lipinski definition) is 1. The summed E-state index contributed by atoms with van der Waals surface area (Å²) in [6, 6.07) is 0. The van der Waals surface area contributed by atoms with Crippen molar-refractivity contribution in [3.63, 3.8) is 0 Å². The third kappa shape index (κ3) is 4.03. The second-order valence-corrected chi connectivity index (χ2v) is 8.31. The number of aliphatic hydroxyl groups is 1. The van der Waals surface area contributed by atoms with Crippen LogP contribution in [0.1, 0.15) is 49.7 Å². The zero-order valence-corrected chi connectivity index (χ0v) is 13.0. The van der Waals surface area contributed by atoms with Crippen molar-refractivity contribution in [3.05, 3.63) is 15.6 Å². The molecule has 1 aromatic heterocycles. The molecule has 0 saturated carbocycles. The summed E-state index contributed by atoms with van der Waals surface area (Å²) >= 11 is 1.31. The third-order valence-electron chi connectivity index (χ3n) is 2.57. The molecule has 0 aliphatic carbocycles. The van der Waals surface area contributed by atoms with Crippen LogP contribution in [0.2, 0.25) is 0 Å². The smallest absolute Gasteiger partial charge is 0.156 e. The van der Waals surface area contributed by atoms with Crippen molar-refractivity contribution >= 4 is 21.2 Å². The molecule has 0 aromatic carbocycles. The largest absolute Gasteiger partial charge is 0.385 e. The summed E-state index contributed by atoms with van der Waals surface area (Å²) in [6.45, 7) is 7.08. The molecule has 0 unspecified atom stereocenters. The summed E-state index contributed by atoms with van der Waals surface area (Å²) in [6.07, 6.45) is 1.69. The van der Waals surface area contributed by atoms with E-state index in [2.05, 4.69) is 4.98 Å². The van der Waals surface area contributed by atoms with Crippen LogP contribution < -0.4 is 0 Å². The normalized spacial score (nSPS) is 12.9. The maximum atomic E-state index is 11.6. The van der Waals surface area contributed by atoms with Crippen molar-refractivity contribution in [1.82, 2.24) is 4.98 Å². The first-order valence-corrected chi connectivity index (χ1v) is 8.75. The van der Waals surface area contributed by atoms with Gasteiger partial charge in [-0.25, -0.2) is 13.4 Å². The Kier molecular flexibility index (Phi) is 4.91. The molecule has 0 bridgehead atoms. The van der Waals surface area contributed by atoms with Gasteiger partial charge in [0.15, 0.2) is 9.84 Å². The van der Waals surface area contributed by atoms with Crippen molar-refractivity contribution in [2.24, 2.45) is 0 Å². The maximum absolute atomic E-state index is 11.6. The van der Waals surface area contributed by atoms with Crippen LogP contribution in [0.3, 0.4) is 0 Å². The van der Waals surface area contributed by atoms with Crippen LogP contribution in [0.15, 0.2) is 0 Å². The Morgan fingerprint density at radius 2 is 1.94 bits per heavy atom. The van der Waals surface area contributed by atoms with E-state index in [-0.39, 0.29) is 11.5 Å². The molecule has 0 amide bonds. The van der Waals surface area contributed by atoms with Crippen molar-refractivity contribution in [2.75, 3.05) is 5.75 Å². The van der Waals surface area contributed by atoms with Crippen LogP contribution in [-0.2, 0) is 27.6 Å². The lowest BCUT2D eigenvalue weighted by Gasteiger charge is -2.16. The summed E-state index contributed by atoms with van der Waals surface area (Å²) in [4.78, 5) is 5.16. The van der Waals surface area contributed by atoms with Crippen LogP contribution in [0.4, 0.5) is 0 Å². The summed E-state index contributed by atoms with van der Waals surface area (Å²) in [7, 11) is -3.07. The Hall–Kier alpha value is -0.460. The van der Waals surface area contributed by atoms with Gasteiger partial charge in [-0.2, -0.15) is 0 Å². The standard InChI is InChI=1S/C12H21NO3S2/c1-5-7-9-11(12(3,4)14)17-10(13-9)8-18(15,16)6-2/h14H,5-8H2,1-4H3. The molecule has 1 heterocycles. The summed E-state index contributed by atoms with van der Waals surface area (Å²) in [5, 5.41) is 10.7. The monoisotopic (exact) mass is 291 g/mol. The molecule has 0 aliphatic heterocycles. The molecule has 0 fully saturated rings. The van der Waals surface area contributed by atoms with Crippen LogP contribution in [0, 0.1) is 0 Å². The fraction of sp³-hybridized carbons (Fsp3) is 0.750. The molecule has 104 valence electrons. The minimum absolute atomic E-state index is 0.0268. The fourth-order valence-electron chi connectivity index (χ4n) is 1.64. The Labute approximate surface area is 113 Å². The number of nitrogens with zero attached hydrogens (tertiary/aromatic N) is 1. The van der Waals surface area contributed by atoms with Crippen molar-refractivity contribution in [2.45, 2.75) is 51.9 Å². The number of thiazole rings is 1. The number of sulfone groups is 1. The second-order valence-electron chi connectivity index (χ2n) is 4.87. The first-order valence-electron chi connectivity index (χ1n) is 6.11. The van der Waals surface area contributed by atoms with Gasteiger partial charge < -0.3 is 5.11 Å². The molecule has 0 aliphatic rings. The van der Waals surface area contributed by atoms with Crippen molar-refractivity contribution < 1.29 is 13.5 Å². The van der Waals surface area contributed by atoms with Crippen LogP contribution >= 0.6 is 11.3 Å². The first-order chi connectivity index (χ1) is 8.19. The summed E-state index contributed by atoms with van der Waals surface area (Å²) in [5.74, 6) is 0.0918. The lowest BCUT2D eigenvalue weighted by atomic mass is 10.0. The van der Waals surface area contributed by atoms with Gasteiger partial charge in [0.25, 0.3) is 0 Å². The quantitative estimate of drug-likeness (QED) is 0.873. The van der Waals surface area contributed by atoms with Gasteiger partial charge in [0.2, 0.25) is 0 Å². The van der Waals surface area contributed by atoms with Gasteiger partial charge in [-0.05, 0) is 20.3 Å². The van der Waals surface area contributed by atoms with Gasteiger partial charge in [-0.1, -0.05) is 20.3 Å². The SMILES string of the molecule is CCCc1nc(CS(=O)(=O)CC)sc1C(C)(C)O. The Morgan fingerprint density at radius 1 is 1.33 bits per heavy atom. The van der Waals surface area contributed by atoms with Gasteiger partial charge in [0.05, 0.1) is 16.2 Å². The highest BCUT2D eigenvalue weighted by molar-refractivity contribution is 7.90. The molecule has 0 saturated heterocycles. The lowest BCUT2D eigenvalue weighted by molar-refractivity contribution is 0.0813. The van der Waals surface area contributed by atoms with E-state index in [1.807, 2.05) is 6.92 Å². The highest BCUT2D eigenvalue weighted by Gasteiger charge is 2.25. The minimum atomic E-state index is -3.07. The molecule has 1 N–H and O–H groups in total. The van der Waals surface area contributed by atoms with Gasteiger partial charge in [0, 0.05) is 5.75 Å². The number of hydrogen-bond acceptors (Lipinski definition) is 5. The Morgan fingerprint density at radius 3 is 2.39 bits per heavy atom. The predicted molar refractivity (Wildman–Crippen MR) is 74.5 cm³/mol. The third-order valence-corrected chi connectivity index (χ3v) is 5.75. The van der Waals surface area contributed by atoms with Crippen LogP contribution in [0.25, 0.3) is 0 Å². The Bertz CT molecular complexity index is 498. The van der Waals surface area contributed by atoms with E-state index in [9.17, 15) is 13.5 Å². The van der Waals surface area contributed by atoms with Gasteiger partial charge in [-0.15, -0.1) is 11.3 Å². The van der Waals surface area contributed by atoms with Crippen LogP contribution in [-0.4, -0.2) is 24.3 Å². The lowest BCUT2D eigenvalue weighted by Crippen LogP contribution is -2.15. The second kappa shape index (κ2) is 5.67. The highest BCUT2D eigenvalue weighted by atomic mass is 32.2. The number of aromatic nitrogens is 1. The van der Waals surface area contributed by atoms with Crippen molar-refractivity contribution in [1.29, 1.82) is 0 Å². The zero-order valence-electron chi connectivity index (χ0n) is 11.4. The van der Waals surface area contributed by atoms with Gasteiger partial charge in [0.1, 0.15) is 10.8 Å². The predicted octanol–water partition coefficient (Wildman–Crippen LogP) is 2.26. The molecule has 6 heteroatoms. The first kappa shape index (κ1) is 15.6. The molecule has 0 radical (unpaired) electrons. The molecular formula is C12H21NO3S2. The van der Waals surface area contributed by atoms with E-state index in [0.29, 0.717) is 5.01 Å². The highest BCUT2D eigenvalue weighted by Crippen LogP contribution is 2.31. The van der Waals surface area contributed by atoms with Gasteiger partial charge in [-0.3, -0.25) is 0 Å². The minimum Gasteiger partial charge on any atom is -0.385 e. The molecule has 4 nitrogen and oxygen atoms in total. The number of aryl methyl sites for hydroxylation is 1. The van der Waals surface area contributed by atoms with E-state index in [0.717, 1.165) is 23.4 Å². The van der Waals surface area contributed by atoms with E-state index in [1.165, 1.54) is 11.3 Å². The molecule has 18 heavy (non-hydrogen) atoms.